The Bertz CT molecular complexity index is 1410. The van der Waals surface area contributed by atoms with Gasteiger partial charge in [0, 0.05) is 23.6 Å². The Morgan fingerprint density at radius 2 is 1.78 bits per heavy atom. The molecule has 1 amide bonds. The average molecular weight is 490 g/mol. The molecule has 3 aromatic carbocycles. The fourth-order valence-corrected chi connectivity index (χ4v) is 4.67. The summed E-state index contributed by atoms with van der Waals surface area (Å²) in [5.74, 6) is 0.800. The molecule has 7 heteroatoms. The molecule has 0 radical (unpaired) electrons. The van der Waals surface area contributed by atoms with Crippen molar-refractivity contribution in [1.29, 1.82) is 0 Å². The van der Waals surface area contributed by atoms with Crippen LogP contribution in [0.15, 0.2) is 76.0 Å². The molecule has 1 atom stereocenters. The Hall–Kier alpha value is -3.45. The highest BCUT2D eigenvalue weighted by molar-refractivity contribution is 9.10. The summed E-state index contributed by atoms with van der Waals surface area (Å²) < 4.78 is 7.77. The maximum atomic E-state index is 13.5. The Morgan fingerprint density at radius 3 is 2.53 bits per heavy atom. The number of nitrogens with zero attached hydrogens (tertiary/aromatic N) is 3. The van der Waals surface area contributed by atoms with Gasteiger partial charge in [0.05, 0.1) is 29.6 Å². The van der Waals surface area contributed by atoms with Gasteiger partial charge in [-0.2, -0.15) is 0 Å². The summed E-state index contributed by atoms with van der Waals surface area (Å²) >= 11 is 3.51. The number of fused-ring (bicyclic) bond motifs is 2. The molecule has 0 saturated heterocycles. The van der Waals surface area contributed by atoms with Crippen LogP contribution in [0.25, 0.3) is 16.6 Å². The number of hydrogen-bond donors (Lipinski definition) is 0. The van der Waals surface area contributed by atoms with Crippen LogP contribution in [0.3, 0.4) is 0 Å². The van der Waals surface area contributed by atoms with Crippen molar-refractivity contribution >= 4 is 38.4 Å². The van der Waals surface area contributed by atoms with Crippen LogP contribution < -0.4 is 15.2 Å². The lowest BCUT2D eigenvalue weighted by Crippen LogP contribution is -2.29. The van der Waals surface area contributed by atoms with Gasteiger partial charge in [-0.25, -0.2) is 4.98 Å². The lowest BCUT2D eigenvalue weighted by atomic mass is 9.96. The summed E-state index contributed by atoms with van der Waals surface area (Å²) in [5.41, 5.74) is 2.93. The van der Waals surface area contributed by atoms with Crippen molar-refractivity contribution in [2.24, 2.45) is 0 Å². The second kappa shape index (κ2) is 7.91. The van der Waals surface area contributed by atoms with Crippen LogP contribution in [0.1, 0.15) is 17.3 Å². The number of hydrogen-bond acceptors (Lipinski definition) is 4. The lowest BCUT2D eigenvalue weighted by Gasteiger charge is -2.17. The van der Waals surface area contributed by atoms with E-state index in [1.807, 2.05) is 60.7 Å². The number of anilines is 1. The number of amides is 1. The minimum atomic E-state index is -0.426. The van der Waals surface area contributed by atoms with Crippen LogP contribution in [0.2, 0.25) is 0 Å². The molecule has 0 aliphatic carbocycles. The van der Waals surface area contributed by atoms with E-state index in [1.165, 1.54) is 0 Å². The summed E-state index contributed by atoms with van der Waals surface area (Å²) in [6.45, 7) is 0. The Kier molecular flexibility index (Phi) is 5.06. The number of likely N-dealkylation sites (N-methyl/N-ethyl adjacent to an activating group) is 1. The molecule has 0 fully saturated rings. The van der Waals surface area contributed by atoms with Crippen LogP contribution >= 0.6 is 15.9 Å². The van der Waals surface area contributed by atoms with Crippen molar-refractivity contribution in [1.82, 2.24) is 9.55 Å². The third kappa shape index (κ3) is 3.29. The summed E-state index contributed by atoms with van der Waals surface area (Å²) in [5, 5.41) is 0.532. The molecule has 0 bridgehead atoms. The van der Waals surface area contributed by atoms with Gasteiger partial charge in [0.25, 0.3) is 5.56 Å². The van der Waals surface area contributed by atoms with Crippen molar-refractivity contribution in [2.45, 2.75) is 12.3 Å². The molecule has 6 nitrogen and oxygen atoms in total. The summed E-state index contributed by atoms with van der Waals surface area (Å²) in [4.78, 5) is 33.1. The van der Waals surface area contributed by atoms with E-state index < -0.39 is 5.92 Å². The second-order valence-electron chi connectivity index (χ2n) is 7.74. The summed E-state index contributed by atoms with van der Waals surface area (Å²) in [6.07, 6.45) is 0.304. The number of para-hydroxylation sites is 1. The number of carbonyl (C=O) groups excluding carboxylic acids is 1. The highest BCUT2D eigenvalue weighted by Crippen LogP contribution is 2.39. The summed E-state index contributed by atoms with van der Waals surface area (Å²) in [6, 6.07) is 20.4. The van der Waals surface area contributed by atoms with E-state index in [0.717, 1.165) is 15.7 Å². The first-order valence-electron chi connectivity index (χ1n) is 10.2. The fourth-order valence-electron chi connectivity index (χ4n) is 4.29. The quantitative estimate of drug-likeness (QED) is 0.424. The fraction of sp³-hybridized carbons (Fsp3) is 0.160. The van der Waals surface area contributed by atoms with E-state index in [9.17, 15) is 9.59 Å². The second-order valence-corrected chi connectivity index (χ2v) is 8.66. The number of ether oxygens (including phenoxy) is 1. The SMILES string of the molecule is COc1ccc(-n2c(C[C@@H]3C(=O)N(C)c4ccc(Br)cc43)nc3ccccc3c2=O)cc1. The number of rotatable bonds is 4. The number of carbonyl (C=O) groups is 1. The molecule has 0 unspecified atom stereocenters. The Labute approximate surface area is 193 Å². The molecule has 0 spiro atoms. The highest BCUT2D eigenvalue weighted by Gasteiger charge is 2.36. The monoisotopic (exact) mass is 489 g/mol. The molecule has 0 N–H and O–H groups in total. The number of aromatic nitrogens is 2. The molecule has 2 heterocycles. The predicted molar refractivity (Wildman–Crippen MR) is 128 cm³/mol. The zero-order valence-corrected chi connectivity index (χ0v) is 19.2. The maximum absolute atomic E-state index is 13.5. The predicted octanol–water partition coefficient (Wildman–Crippen LogP) is 4.46. The smallest absolute Gasteiger partial charge is 0.265 e. The van der Waals surface area contributed by atoms with Crippen LogP contribution in [-0.4, -0.2) is 29.6 Å². The van der Waals surface area contributed by atoms with Gasteiger partial charge >= 0.3 is 0 Å². The van der Waals surface area contributed by atoms with Crippen molar-refractivity contribution < 1.29 is 9.53 Å². The van der Waals surface area contributed by atoms with Gasteiger partial charge in [-0.3, -0.25) is 14.2 Å². The highest BCUT2D eigenvalue weighted by atomic mass is 79.9. The molecule has 1 aliphatic rings. The van der Waals surface area contributed by atoms with E-state index in [-0.39, 0.29) is 11.5 Å². The average Bonchev–Trinajstić information content (AvgIpc) is 3.03. The normalized spacial score (nSPS) is 15.3. The lowest BCUT2D eigenvalue weighted by molar-refractivity contribution is -0.119. The van der Waals surface area contributed by atoms with Crippen molar-refractivity contribution in [3.63, 3.8) is 0 Å². The zero-order valence-electron chi connectivity index (χ0n) is 17.6. The minimum Gasteiger partial charge on any atom is -0.497 e. The molecule has 32 heavy (non-hydrogen) atoms. The van der Waals surface area contributed by atoms with Crippen molar-refractivity contribution in [3.8, 4) is 11.4 Å². The van der Waals surface area contributed by atoms with E-state index >= 15 is 0 Å². The molecule has 1 aromatic heterocycles. The number of halogens is 1. The Balaban J connectivity index is 1.69. The van der Waals surface area contributed by atoms with Gasteiger partial charge in [0.1, 0.15) is 11.6 Å². The molecule has 4 aromatic rings. The molecular weight excluding hydrogens is 470 g/mol. The van der Waals surface area contributed by atoms with Crippen LogP contribution in [0.5, 0.6) is 5.75 Å². The third-order valence-electron chi connectivity index (χ3n) is 5.92. The largest absolute Gasteiger partial charge is 0.497 e. The third-order valence-corrected chi connectivity index (χ3v) is 6.41. The van der Waals surface area contributed by atoms with Crippen LogP contribution in [0.4, 0.5) is 5.69 Å². The van der Waals surface area contributed by atoms with Gasteiger partial charge < -0.3 is 9.64 Å². The van der Waals surface area contributed by atoms with E-state index in [1.54, 1.807) is 29.7 Å². The van der Waals surface area contributed by atoms with Gasteiger partial charge in [-0.1, -0.05) is 28.1 Å². The van der Waals surface area contributed by atoms with Gasteiger partial charge in [0.15, 0.2) is 0 Å². The van der Waals surface area contributed by atoms with Gasteiger partial charge in [-0.05, 0) is 60.2 Å². The van der Waals surface area contributed by atoms with Crippen LogP contribution in [-0.2, 0) is 11.2 Å². The minimum absolute atomic E-state index is 0.0122. The Morgan fingerprint density at radius 1 is 1.03 bits per heavy atom. The first kappa shape index (κ1) is 20.5. The van der Waals surface area contributed by atoms with E-state index in [2.05, 4.69) is 15.9 Å². The molecule has 1 aliphatic heterocycles. The number of benzene rings is 3. The number of methoxy groups -OCH3 is 1. The van der Waals surface area contributed by atoms with Gasteiger partial charge in [-0.15, -0.1) is 0 Å². The van der Waals surface area contributed by atoms with E-state index in [0.29, 0.717) is 34.6 Å². The molecule has 5 rings (SSSR count). The standard InChI is InChI=1S/C25H20BrN3O3/c1-28-22-12-7-15(26)13-19(22)20(24(28)30)14-23-27-21-6-4-3-5-18(21)25(31)29(23)16-8-10-17(32-2)11-9-16/h3-13,20H,14H2,1-2H3/t20-/m0/s1. The molecule has 160 valence electrons. The first-order chi connectivity index (χ1) is 15.5. The van der Waals surface area contributed by atoms with Crippen LogP contribution in [0, 0.1) is 0 Å². The maximum Gasteiger partial charge on any atom is 0.265 e. The van der Waals surface area contributed by atoms with Gasteiger partial charge in [0.2, 0.25) is 5.91 Å². The topological polar surface area (TPSA) is 64.4 Å². The molecule has 0 saturated carbocycles. The summed E-state index contributed by atoms with van der Waals surface area (Å²) in [7, 11) is 3.38. The van der Waals surface area contributed by atoms with E-state index in [4.69, 9.17) is 9.72 Å². The van der Waals surface area contributed by atoms with Crippen molar-refractivity contribution in [2.75, 3.05) is 19.1 Å². The van der Waals surface area contributed by atoms with Crippen molar-refractivity contribution in [3.05, 3.63) is 92.9 Å². The zero-order chi connectivity index (χ0) is 22.4. The first-order valence-corrected chi connectivity index (χ1v) is 11.0. The molecular formula is C25H20BrN3O3.